The maximum atomic E-state index is 10.5. The van der Waals surface area contributed by atoms with Crippen molar-refractivity contribution in [3.05, 3.63) is 16.6 Å². The SMILES string of the molecule is CS(=O)(=O)OCc1cncs1. The molecule has 11 heavy (non-hydrogen) atoms. The first-order chi connectivity index (χ1) is 5.08. The monoisotopic (exact) mass is 193 g/mol. The first kappa shape index (κ1) is 8.63. The molecule has 0 aliphatic rings. The van der Waals surface area contributed by atoms with E-state index >= 15 is 0 Å². The van der Waals surface area contributed by atoms with Crippen molar-refractivity contribution in [1.29, 1.82) is 0 Å². The summed E-state index contributed by atoms with van der Waals surface area (Å²) in [6.45, 7) is 0.0868. The molecule has 62 valence electrons. The van der Waals surface area contributed by atoms with E-state index in [0.717, 1.165) is 11.1 Å². The van der Waals surface area contributed by atoms with Crippen molar-refractivity contribution in [3.8, 4) is 0 Å². The van der Waals surface area contributed by atoms with Crippen LogP contribution in [0.1, 0.15) is 4.88 Å². The van der Waals surface area contributed by atoms with Crippen LogP contribution in [0.4, 0.5) is 0 Å². The third kappa shape index (κ3) is 3.45. The molecule has 1 rings (SSSR count). The third-order valence-electron chi connectivity index (χ3n) is 0.899. The van der Waals surface area contributed by atoms with Crippen molar-refractivity contribution in [2.75, 3.05) is 6.26 Å². The normalized spacial score (nSPS) is 11.7. The zero-order valence-corrected chi connectivity index (χ0v) is 7.48. The average molecular weight is 193 g/mol. The second-order valence-corrected chi connectivity index (χ2v) is 4.55. The molecule has 0 N–H and O–H groups in total. The number of hydrogen-bond donors (Lipinski definition) is 0. The minimum Gasteiger partial charge on any atom is -0.265 e. The van der Waals surface area contributed by atoms with Crippen molar-refractivity contribution in [3.63, 3.8) is 0 Å². The maximum absolute atomic E-state index is 10.5. The number of hydrogen-bond acceptors (Lipinski definition) is 5. The average Bonchev–Trinajstić information content (AvgIpc) is 2.32. The summed E-state index contributed by atoms with van der Waals surface area (Å²) in [5.41, 5.74) is 1.63. The Morgan fingerprint density at radius 3 is 2.91 bits per heavy atom. The highest BCUT2D eigenvalue weighted by molar-refractivity contribution is 7.85. The largest absolute Gasteiger partial charge is 0.265 e. The molecular weight excluding hydrogens is 186 g/mol. The molecule has 1 heterocycles. The summed E-state index contributed by atoms with van der Waals surface area (Å²) in [5, 5.41) is 0. The molecule has 0 unspecified atom stereocenters. The minimum atomic E-state index is -3.32. The number of thiazole rings is 1. The molecule has 0 aromatic carbocycles. The van der Waals surface area contributed by atoms with Crippen molar-refractivity contribution in [1.82, 2.24) is 4.98 Å². The second-order valence-electron chi connectivity index (χ2n) is 1.93. The zero-order chi connectivity index (χ0) is 8.32. The van der Waals surface area contributed by atoms with Gasteiger partial charge in [0.2, 0.25) is 0 Å². The van der Waals surface area contributed by atoms with Crippen molar-refractivity contribution < 1.29 is 12.6 Å². The van der Waals surface area contributed by atoms with Gasteiger partial charge in [0.05, 0.1) is 16.6 Å². The van der Waals surface area contributed by atoms with E-state index in [-0.39, 0.29) is 6.61 Å². The van der Waals surface area contributed by atoms with Gasteiger partial charge in [-0.3, -0.25) is 9.17 Å². The Hall–Kier alpha value is -0.460. The van der Waals surface area contributed by atoms with Gasteiger partial charge < -0.3 is 0 Å². The lowest BCUT2D eigenvalue weighted by atomic mass is 10.6. The molecule has 1 aromatic heterocycles. The summed E-state index contributed by atoms with van der Waals surface area (Å²) in [6, 6.07) is 0. The summed E-state index contributed by atoms with van der Waals surface area (Å²) in [6.07, 6.45) is 2.60. The van der Waals surface area contributed by atoms with Crippen LogP contribution >= 0.6 is 11.3 Å². The Bertz CT molecular complexity index is 302. The van der Waals surface area contributed by atoms with Crippen LogP contribution in [0.3, 0.4) is 0 Å². The molecule has 0 radical (unpaired) electrons. The Morgan fingerprint density at radius 1 is 1.73 bits per heavy atom. The minimum absolute atomic E-state index is 0.0868. The smallest absolute Gasteiger partial charge is 0.264 e. The molecule has 0 aliphatic heterocycles. The maximum Gasteiger partial charge on any atom is 0.264 e. The summed E-state index contributed by atoms with van der Waals surface area (Å²) in [7, 11) is -3.32. The van der Waals surface area contributed by atoms with Crippen LogP contribution in [0.25, 0.3) is 0 Å². The van der Waals surface area contributed by atoms with Gasteiger partial charge in [0, 0.05) is 6.20 Å². The fraction of sp³-hybridized carbons (Fsp3) is 0.400. The van der Waals surface area contributed by atoms with Gasteiger partial charge in [0.15, 0.2) is 0 Å². The van der Waals surface area contributed by atoms with Gasteiger partial charge >= 0.3 is 0 Å². The van der Waals surface area contributed by atoms with Gasteiger partial charge in [0.1, 0.15) is 6.61 Å². The molecule has 1 aromatic rings. The number of rotatable bonds is 3. The van der Waals surface area contributed by atoms with Gasteiger partial charge in [-0.1, -0.05) is 0 Å². The standard InChI is InChI=1S/C5H7NO3S2/c1-11(7,8)9-3-5-2-6-4-10-5/h2,4H,3H2,1H3. The van der Waals surface area contributed by atoms with Crippen LogP contribution in [0.15, 0.2) is 11.7 Å². The van der Waals surface area contributed by atoms with E-state index in [1.54, 1.807) is 11.7 Å². The first-order valence-electron chi connectivity index (χ1n) is 2.80. The van der Waals surface area contributed by atoms with Crippen LogP contribution in [-0.4, -0.2) is 19.7 Å². The van der Waals surface area contributed by atoms with Gasteiger partial charge in [-0.25, -0.2) is 0 Å². The van der Waals surface area contributed by atoms with Gasteiger partial charge in [-0.05, 0) is 0 Å². The molecule has 6 heteroatoms. The highest BCUT2D eigenvalue weighted by Gasteiger charge is 2.02. The Morgan fingerprint density at radius 2 is 2.45 bits per heavy atom. The van der Waals surface area contributed by atoms with E-state index in [2.05, 4.69) is 9.17 Å². The third-order valence-corrected chi connectivity index (χ3v) is 2.20. The predicted octanol–water partition coefficient (Wildman–Crippen LogP) is 0.619. The molecule has 0 saturated carbocycles. The first-order valence-corrected chi connectivity index (χ1v) is 5.49. The van der Waals surface area contributed by atoms with Crippen molar-refractivity contribution >= 4 is 21.5 Å². The van der Waals surface area contributed by atoms with Crippen LogP contribution in [0.2, 0.25) is 0 Å². The highest BCUT2D eigenvalue weighted by Crippen LogP contribution is 2.07. The lowest BCUT2D eigenvalue weighted by Gasteiger charge is -1.95. The van der Waals surface area contributed by atoms with Gasteiger partial charge in [-0.15, -0.1) is 11.3 Å². The molecule has 0 atom stereocenters. The predicted molar refractivity (Wildman–Crippen MR) is 41.7 cm³/mol. The topological polar surface area (TPSA) is 56.3 Å². The van der Waals surface area contributed by atoms with Crippen molar-refractivity contribution in [2.45, 2.75) is 6.61 Å². The molecular formula is C5H7NO3S2. The second kappa shape index (κ2) is 3.29. The van der Waals surface area contributed by atoms with E-state index < -0.39 is 10.1 Å². The molecule has 0 amide bonds. The summed E-state index contributed by atoms with van der Waals surface area (Å²) in [5.74, 6) is 0. The number of nitrogens with zero attached hydrogens (tertiary/aromatic N) is 1. The van der Waals surface area contributed by atoms with Crippen LogP contribution < -0.4 is 0 Å². The lowest BCUT2D eigenvalue weighted by Crippen LogP contribution is -2.01. The van der Waals surface area contributed by atoms with Crippen LogP contribution in [0.5, 0.6) is 0 Å². The van der Waals surface area contributed by atoms with Crippen LogP contribution in [-0.2, 0) is 20.9 Å². The van der Waals surface area contributed by atoms with E-state index in [1.165, 1.54) is 11.3 Å². The van der Waals surface area contributed by atoms with Gasteiger partial charge in [-0.2, -0.15) is 8.42 Å². The fourth-order valence-corrected chi connectivity index (χ4v) is 1.40. The quantitative estimate of drug-likeness (QED) is 0.660. The van der Waals surface area contributed by atoms with Crippen molar-refractivity contribution in [2.24, 2.45) is 0 Å². The zero-order valence-electron chi connectivity index (χ0n) is 5.85. The molecule has 0 fully saturated rings. The molecule has 0 bridgehead atoms. The van der Waals surface area contributed by atoms with E-state index in [0.29, 0.717) is 0 Å². The summed E-state index contributed by atoms with van der Waals surface area (Å²) < 4.78 is 25.5. The molecule has 4 nitrogen and oxygen atoms in total. The Labute approximate surface area is 69.0 Å². The summed E-state index contributed by atoms with van der Waals surface area (Å²) in [4.78, 5) is 4.57. The Balaban J connectivity index is 2.48. The Kier molecular flexibility index (Phi) is 2.58. The van der Waals surface area contributed by atoms with E-state index in [9.17, 15) is 8.42 Å². The number of aromatic nitrogens is 1. The van der Waals surface area contributed by atoms with E-state index in [4.69, 9.17) is 0 Å². The lowest BCUT2D eigenvalue weighted by molar-refractivity contribution is 0.315. The fourth-order valence-electron chi connectivity index (χ4n) is 0.479. The summed E-state index contributed by atoms with van der Waals surface area (Å²) >= 11 is 1.36. The van der Waals surface area contributed by atoms with E-state index in [1.807, 2.05) is 0 Å². The molecule has 0 spiro atoms. The molecule has 0 aliphatic carbocycles. The van der Waals surface area contributed by atoms with Gasteiger partial charge in [0.25, 0.3) is 10.1 Å². The van der Waals surface area contributed by atoms with Crippen LogP contribution in [0, 0.1) is 0 Å². The molecule has 0 saturated heterocycles. The highest BCUT2D eigenvalue weighted by atomic mass is 32.2.